The van der Waals surface area contributed by atoms with E-state index in [1.165, 1.54) is 0 Å². The number of aryl methyl sites for hydroxylation is 1. The average molecular weight is 307 g/mol. The Morgan fingerprint density at radius 3 is 2.86 bits per heavy atom. The van der Waals surface area contributed by atoms with Crippen LogP contribution in [0.2, 0.25) is 0 Å². The van der Waals surface area contributed by atoms with Crippen molar-refractivity contribution in [2.24, 2.45) is 7.05 Å². The molecule has 2 aromatic heterocycles. The van der Waals surface area contributed by atoms with Gasteiger partial charge >= 0.3 is 0 Å². The highest BCUT2D eigenvalue weighted by Gasteiger charge is 2.07. The van der Waals surface area contributed by atoms with E-state index in [0.717, 1.165) is 28.7 Å². The van der Waals surface area contributed by atoms with Gasteiger partial charge < -0.3 is 10.1 Å². The summed E-state index contributed by atoms with van der Waals surface area (Å²) in [6.07, 6.45) is 4.85. The summed E-state index contributed by atoms with van der Waals surface area (Å²) in [6.45, 7) is 6.06. The molecule has 0 spiro atoms. The SMILES string of the molecule is CCCNc1cc(Sc2cnn(C)c2)nc(COCC)n1. The van der Waals surface area contributed by atoms with Gasteiger partial charge in [0.15, 0.2) is 5.82 Å². The molecule has 0 fully saturated rings. The van der Waals surface area contributed by atoms with Gasteiger partial charge in [0.2, 0.25) is 0 Å². The summed E-state index contributed by atoms with van der Waals surface area (Å²) in [5, 5.41) is 8.37. The molecule has 2 rings (SSSR count). The van der Waals surface area contributed by atoms with E-state index in [-0.39, 0.29) is 0 Å². The Balaban J connectivity index is 2.16. The molecule has 0 radical (unpaired) electrons. The maximum absolute atomic E-state index is 5.41. The van der Waals surface area contributed by atoms with Gasteiger partial charge in [0.05, 0.1) is 11.1 Å². The molecule has 0 atom stereocenters. The van der Waals surface area contributed by atoms with Crippen LogP contribution in [0.5, 0.6) is 0 Å². The van der Waals surface area contributed by atoms with Gasteiger partial charge in [-0.2, -0.15) is 5.10 Å². The van der Waals surface area contributed by atoms with Gasteiger partial charge in [-0.05, 0) is 13.3 Å². The fraction of sp³-hybridized carbons (Fsp3) is 0.500. The van der Waals surface area contributed by atoms with Gasteiger partial charge in [-0.3, -0.25) is 4.68 Å². The summed E-state index contributed by atoms with van der Waals surface area (Å²) in [7, 11) is 1.90. The van der Waals surface area contributed by atoms with E-state index >= 15 is 0 Å². The van der Waals surface area contributed by atoms with Crippen LogP contribution >= 0.6 is 11.8 Å². The van der Waals surface area contributed by atoms with Crippen molar-refractivity contribution >= 4 is 17.6 Å². The van der Waals surface area contributed by atoms with E-state index in [9.17, 15) is 0 Å². The Labute approximate surface area is 129 Å². The third-order valence-electron chi connectivity index (χ3n) is 2.64. The van der Waals surface area contributed by atoms with Crippen LogP contribution in [0, 0.1) is 0 Å². The molecular weight excluding hydrogens is 286 g/mol. The fourth-order valence-corrected chi connectivity index (χ4v) is 2.57. The van der Waals surface area contributed by atoms with Crippen molar-refractivity contribution in [2.75, 3.05) is 18.5 Å². The first-order valence-corrected chi connectivity index (χ1v) is 7.89. The minimum absolute atomic E-state index is 0.429. The van der Waals surface area contributed by atoms with E-state index in [2.05, 4.69) is 27.3 Å². The molecule has 0 amide bonds. The van der Waals surface area contributed by atoms with Crippen LogP contribution in [0.15, 0.2) is 28.4 Å². The Bertz CT molecular complexity index is 546. The first kappa shape index (κ1) is 15.8. The van der Waals surface area contributed by atoms with E-state index < -0.39 is 0 Å². The van der Waals surface area contributed by atoms with Crippen molar-refractivity contribution in [3.8, 4) is 0 Å². The molecule has 0 bridgehead atoms. The molecule has 2 aromatic rings. The number of anilines is 1. The third kappa shape index (κ3) is 5.02. The first-order valence-electron chi connectivity index (χ1n) is 7.07. The summed E-state index contributed by atoms with van der Waals surface area (Å²) < 4.78 is 7.19. The van der Waals surface area contributed by atoms with E-state index in [1.54, 1.807) is 16.4 Å². The summed E-state index contributed by atoms with van der Waals surface area (Å²) in [4.78, 5) is 10.1. The largest absolute Gasteiger partial charge is 0.374 e. The molecule has 0 saturated carbocycles. The number of rotatable bonds is 8. The number of hydrogen-bond donors (Lipinski definition) is 1. The Morgan fingerprint density at radius 2 is 2.19 bits per heavy atom. The molecule has 0 aromatic carbocycles. The summed E-state index contributed by atoms with van der Waals surface area (Å²) in [5.74, 6) is 1.54. The standard InChI is InChI=1S/C14H21N5OS/c1-4-6-15-12-7-14(18-13(17-12)10-20-5-2)21-11-8-16-19(3)9-11/h7-9H,4-6,10H2,1-3H3,(H,15,17,18). The number of nitrogens with one attached hydrogen (secondary N) is 1. The van der Waals surface area contributed by atoms with E-state index in [1.807, 2.05) is 32.4 Å². The average Bonchev–Trinajstić information content (AvgIpc) is 2.88. The molecule has 6 nitrogen and oxygen atoms in total. The highest BCUT2D eigenvalue weighted by atomic mass is 32.2. The quantitative estimate of drug-likeness (QED) is 0.757. The topological polar surface area (TPSA) is 64.9 Å². The lowest BCUT2D eigenvalue weighted by Gasteiger charge is -2.09. The number of nitrogens with zero attached hydrogens (tertiary/aromatic N) is 4. The van der Waals surface area contributed by atoms with Crippen molar-refractivity contribution < 1.29 is 4.74 Å². The molecule has 0 unspecified atom stereocenters. The highest BCUT2D eigenvalue weighted by molar-refractivity contribution is 7.99. The summed E-state index contributed by atoms with van der Waals surface area (Å²) >= 11 is 1.57. The van der Waals surface area contributed by atoms with Crippen molar-refractivity contribution in [1.82, 2.24) is 19.7 Å². The van der Waals surface area contributed by atoms with Gasteiger partial charge in [-0.1, -0.05) is 18.7 Å². The smallest absolute Gasteiger partial charge is 0.157 e. The van der Waals surface area contributed by atoms with Crippen molar-refractivity contribution in [3.05, 3.63) is 24.3 Å². The lowest BCUT2D eigenvalue weighted by Crippen LogP contribution is -2.07. The van der Waals surface area contributed by atoms with Gasteiger partial charge in [-0.15, -0.1) is 0 Å². The highest BCUT2D eigenvalue weighted by Crippen LogP contribution is 2.27. The maximum Gasteiger partial charge on any atom is 0.157 e. The Kier molecular flexibility index (Phi) is 6.01. The van der Waals surface area contributed by atoms with Crippen LogP contribution in [0.4, 0.5) is 5.82 Å². The molecule has 0 aliphatic carbocycles. The molecular formula is C14H21N5OS. The second-order valence-corrected chi connectivity index (χ2v) is 5.62. The normalized spacial score (nSPS) is 10.8. The maximum atomic E-state index is 5.41. The van der Waals surface area contributed by atoms with Crippen LogP contribution in [0.1, 0.15) is 26.1 Å². The van der Waals surface area contributed by atoms with Gasteiger partial charge in [0.25, 0.3) is 0 Å². The predicted molar refractivity (Wildman–Crippen MR) is 83.5 cm³/mol. The van der Waals surface area contributed by atoms with Crippen LogP contribution < -0.4 is 5.32 Å². The Hall–Kier alpha value is -1.60. The minimum atomic E-state index is 0.429. The van der Waals surface area contributed by atoms with Crippen LogP contribution in [-0.2, 0) is 18.4 Å². The van der Waals surface area contributed by atoms with Gasteiger partial charge in [0, 0.05) is 32.5 Å². The van der Waals surface area contributed by atoms with Crippen LogP contribution in [-0.4, -0.2) is 32.9 Å². The predicted octanol–water partition coefficient (Wildman–Crippen LogP) is 2.72. The molecule has 0 saturated heterocycles. The van der Waals surface area contributed by atoms with Crippen molar-refractivity contribution in [3.63, 3.8) is 0 Å². The van der Waals surface area contributed by atoms with Gasteiger partial charge in [-0.25, -0.2) is 9.97 Å². The molecule has 0 aliphatic heterocycles. The lowest BCUT2D eigenvalue weighted by atomic mass is 10.4. The van der Waals surface area contributed by atoms with Crippen LogP contribution in [0.3, 0.4) is 0 Å². The van der Waals surface area contributed by atoms with Crippen molar-refractivity contribution in [2.45, 2.75) is 36.8 Å². The molecule has 21 heavy (non-hydrogen) atoms. The Morgan fingerprint density at radius 1 is 1.33 bits per heavy atom. The number of hydrogen-bond acceptors (Lipinski definition) is 6. The summed E-state index contributed by atoms with van der Waals surface area (Å²) in [6, 6.07) is 1.96. The second kappa shape index (κ2) is 7.99. The van der Waals surface area contributed by atoms with E-state index in [4.69, 9.17) is 4.74 Å². The molecule has 0 aliphatic rings. The monoisotopic (exact) mass is 307 g/mol. The number of ether oxygens (including phenoxy) is 1. The zero-order valence-corrected chi connectivity index (χ0v) is 13.5. The molecule has 114 valence electrons. The minimum Gasteiger partial charge on any atom is -0.374 e. The first-order chi connectivity index (χ1) is 10.2. The molecule has 1 N–H and O–H groups in total. The lowest BCUT2D eigenvalue weighted by molar-refractivity contribution is 0.128. The van der Waals surface area contributed by atoms with Crippen molar-refractivity contribution in [1.29, 1.82) is 0 Å². The van der Waals surface area contributed by atoms with Gasteiger partial charge in [0.1, 0.15) is 17.5 Å². The molecule has 2 heterocycles. The zero-order valence-electron chi connectivity index (χ0n) is 12.7. The van der Waals surface area contributed by atoms with E-state index in [0.29, 0.717) is 19.0 Å². The fourth-order valence-electron chi connectivity index (χ4n) is 1.70. The third-order valence-corrected chi connectivity index (χ3v) is 3.51. The zero-order chi connectivity index (χ0) is 15.1. The number of aromatic nitrogens is 4. The summed E-state index contributed by atoms with van der Waals surface area (Å²) in [5.41, 5.74) is 0. The molecule has 7 heteroatoms. The second-order valence-electron chi connectivity index (χ2n) is 4.52. The van der Waals surface area contributed by atoms with Crippen LogP contribution in [0.25, 0.3) is 0 Å².